The molecule has 0 radical (unpaired) electrons. The van der Waals surface area contributed by atoms with Crippen molar-refractivity contribution < 1.29 is 38.6 Å². The minimum atomic E-state index is -1.63. The normalized spacial score (nSPS) is 15.6. The SMILES string of the molecule is CC(=O)OC(C(=O)C=C(C(=O)CCCCCCCCCCO)c1cccc(C)c1)C(Cc1ccccc1)C(=O)N1C(=O)OCC1c1ccccc1. The minimum Gasteiger partial charge on any atom is -0.453 e. The van der Waals surface area contributed by atoms with Gasteiger partial charge < -0.3 is 14.6 Å². The lowest BCUT2D eigenvalue weighted by molar-refractivity contribution is -0.158. The van der Waals surface area contributed by atoms with E-state index in [4.69, 9.17) is 14.6 Å². The van der Waals surface area contributed by atoms with Crippen molar-refractivity contribution in [3.05, 3.63) is 113 Å². The Labute approximate surface area is 300 Å². The first-order valence-corrected chi connectivity index (χ1v) is 17.9. The molecule has 9 nitrogen and oxygen atoms in total. The molecule has 3 unspecified atom stereocenters. The number of ketones is 2. The molecule has 0 saturated carbocycles. The van der Waals surface area contributed by atoms with E-state index in [2.05, 4.69) is 0 Å². The summed E-state index contributed by atoms with van der Waals surface area (Å²) in [4.78, 5) is 69.3. The van der Waals surface area contributed by atoms with Crippen LogP contribution in [0.25, 0.3) is 5.57 Å². The predicted octanol–water partition coefficient (Wildman–Crippen LogP) is 7.53. The highest BCUT2D eigenvalue weighted by molar-refractivity contribution is 6.25. The van der Waals surface area contributed by atoms with Crippen LogP contribution in [0.5, 0.6) is 0 Å². The molecule has 1 aliphatic rings. The van der Waals surface area contributed by atoms with E-state index in [0.29, 0.717) is 23.1 Å². The maximum absolute atomic E-state index is 14.5. The van der Waals surface area contributed by atoms with E-state index < -0.39 is 41.8 Å². The quantitative estimate of drug-likeness (QED) is 0.0730. The van der Waals surface area contributed by atoms with Gasteiger partial charge in [0.25, 0.3) is 0 Å². The third-order valence-electron chi connectivity index (χ3n) is 9.08. The van der Waals surface area contributed by atoms with E-state index >= 15 is 0 Å². The average Bonchev–Trinajstić information content (AvgIpc) is 3.52. The second-order valence-electron chi connectivity index (χ2n) is 13.1. The number of unbranched alkanes of at least 4 members (excludes halogenated alkanes) is 7. The third kappa shape index (κ3) is 11.6. The number of carbonyl (C=O) groups excluding carboxylic acids is 5. The lowest BCUT2D eigenvalue weighted by Gasteiger charge is -2.29. The second kappa shape index (κ2) is 20.1. The van der Waals surface area contributed by atoms with Crippen molar-refractivity contribution in [3.8, 4) is 0 Å². The van der Waals surface area contributed by atoms with Gasteiger partial charge in [0, 0.05) is 25.5 Å². The van der Waals surface area contributed by atoms with E-state index in [1.807, 2.05) is 31.2 Å². The van der Waals surface area contributed by atoms with Crippen molar-refractivity contribution in [2.45, 2.75) is 90.2 Å². The van der Waals surface area contributed by atoms with Crippen LogP contribution in [-0.2, 0) is 35.1 Å². The summed E-state index contributed by atoms with van der Waals surface area (Å²) in [6.45, 7) is 3.20. The number of hydrogen-bond acceptors (Lipinski definition) is 8. The number of nitrogens with zero attached hydrogens (tertiary/aromatic N) is 1. The summed E-state index contributed by atoms with van der Waals surface area (Å²) in [6, 6.07) is 24.5. The van der Waals surface area contributed by atoms with Gasteiger partial charge in [-0.15, -0.1) is 0 Å². The zero-order valence-corrected chi connectivity index (χ0v) is 29.6. The van der Waals surface area contributed by atoms with Crippen molar-refractivity contribution >= 4 is 35.1 Å². The van der Waals surface area contributed by atoms with Gasteiger partial charge in [-0.1, -0.05) is 129 Å². The minimum absolute atomic E-state index is 0.0176. The molecule has 51 heavy (non-hydrogen) atoms. The van der Waals surface area contributed by atoms with Gasteiger partial charge in [-0.3, -0.25) is 19.2 Å². The zero-order chi connectivity index (χ0) is 36.6. The van der Waals surface area contributed by atoms with Crippen molar-refractivity contribution in [2.24, 2.45) is 5.92 Å². The van der Waals surface area contributed by atoms with Crippen LogP contribution in [0.2, 0.25) is 0 Å². The molecular formula is C42H49NO8. The van der Waals surface area contributed by atoms with Gasteiger partial charge in [0.15, 0.2) is 17.7 Å². The van der Waals surface area contributed by atoms with Crippen LogP contribution < -0.4 is 0 Å². The van der Waals surface area contributed by atoms with Gasteiger partial charge in [-0.2, -0.15) is 0 Å². The van der Waals surface area contributed by atoms with Crippen molar-refractivity contribution in [1.29, 1.82) is 0 Å². The van der Waals surface area contributed by atoms with Crippen LogP contribution in [0, 0.1) is 12.8 Å². The summed E-state index contributed by atoms with van der Waals surface area (Å²) in [7, 11) is 0. The molecule has 9 heteroatoms. The topological polar surface area (TPSA) is 127 Å². The number of ether oxygens (including phenoxy) is 2. The number of benzene rings is 3. The molecule has 0 aliphatic carbocycles. The van der Waals surface area contributed by atoms with Crippen LogP contribution in [0.4, 0.5) is 4.79 Å². The highest BCUT2D eigenvalue weighted by atomic mass is 16.6. The van der Waals surface area contributed by atoms with Crippen molar-refractivity contribution in [2.75, 3.05) is 13.2 Å². The number of carbonyl (C=O) groups is 5. The number of aryl methyl sites for hydroxylation is 1. The van der Waals surface area contributed by atoms with E-state index in [1.54, 1.807) is 60.7 Å². The summed E-state index contributed by atoms with van der Waals surface area (Å²) in [5, 5.41) is 8.96. The van der Waals surface area contributed by atoms with Crippen LogP contribution in [0.15, 0.2) is 91.0 Å². The van der Waals surface area contributed by atoms with E-state index in [1.165, 1.54) is 6.08 Å². The molecule has 2 amide bonds. The Morgan fingerprint density at radius 1 is 0.863 bits per heavy atom. The molecule has 3 atom stereocenters. The first kappa shape index (κ1) is 38.9. The lowest BCUT2D eigenvalue weighted by atomic mass is 9.87. The predicted molar refractivity (Wildman–Crippen MR) is 194 cm³/mol. The standard InChI is InChI=1S/C42H49NO8/c1-30-18-17-23-34(26-30)35(38(46)24-15-7-5-3-4-6-8-16-25-44)28-39(47)40(51-31(2)45)36(27-32-19-11-9-12-20-32)41(48)43-37(29-50-42(43)49)33-21-13-10-14-22-33/h9-14,17-23,26,28,36-37,40,44H,3-8,15-16,24-25,27,29H2,1-2H3. The maximum Gasteiger partial charge on any atom is 0.417 e. The Morgan fingerprint density at radius 3 is 2.12 bits per heavy atom. The van der Waals surface area contributed by atoms with Crippen molar-refractivity contribution in [1.82, 2.24) is 4.90 Å². The molecule has 1 N–H and O–H groups in total. The Bertz CT molecular complexity index is 1650. The highest BCUT2D eigenvalue weighted by Gasteiger charge is 2.46. The monoisotopic (exact) mass is 695 g/mol. The number of hydrogen-bond donors (Lipinski definition) is 1. The molecule has 1 saturated heterocycles. The Balaban J connectivity index is 1.65. The van der Waals surface area contributed by atoms with Gasteiger partial charge in [-0.25, -0.2) is 9.69 Å². The molecule has 0 aromatic heterocycles. The number of Topliss-reactive ketones (excluding diaryl/α,β-unsaturated/α-hetero) is 1. The van der Waals surface area contributed by atoms with Gasteiger partial charge in [-0.05, 0) is 49.0 Å². The van der Waals surface area contributed by atoms with E-state index in [-0.39, 0.29) is 37.4 Å². The summed E-state index contributed by atoms with van der Waals surface area (Å²) >= 11 is 0. The molecule has 3 aromatic carbocycles. The zero-order valence-electron chi connectivity index (χ0n) is 29.6. The van der Waals surface area contributed by atoms with Crippen molar-refractivity contribution in [3.63, 3.8) is 0 Å². The first-order valence-electron chi connectivity index (χ1n) is 17.9. The maximum atomic E-state index is 14.5. The van der Waals surface area contributed by atoms with Crippen LogP contribution in [-0.4, -0.2) is 58.9 Å². The highest BCUT2D eigenvalue weighted by Crippen LogP contribution is 2.32. The number of esters is 1. The number of imide groups is 1. The fourth-order valence-corrected chi connectivity index (χ4v) is 6.43. The molecule has 1 heterocycles. The number of cyclic esters (lactones) is 1. The largest absolute Gasteiger partial charge is 0.453 e. The van der Waals surface area contributed by atoms with Gasteiger partial charge in [0.2, 0.25) is 5.91 Å². The van der Waals surface area contributed by atoms with Gasteiger partial charge in [0.05, 0.1) is 5.92 Å². The average molecular weight is 696 g/mol. The molecule has 0 bridgehead atoms. The molecule has 3 aromatic rings. The number of allylic oxidation sites excluding steroid dienone is 1. The summed E-state index contributed by atoms with van der Waals surface area (Å²) < 4.78 is 11.0. The molecule has 1 aliphatic heterocycles. The molecule has 0 spiro atoms. The Hall–Kier alpha value is -4.89. The molecule has 1 fully saturated rings. The number of amides is 2. The van der Waals surface area contributed by atoms with E-state index in [0.717, 1.165) is 62.3 Å². The summed E-state index contributed by atoms with van der Waals surface area (Å²) in [6.07, 6.45) is 6.46. The number of rotatable bonds is 20. The molecular weight excluding hydrogens is 646 g/mol. The van der Waals surface area contributed by atoms with Crippen LogP contribution in [0.1, 0.15) is 93.0 Å². The lowest BCUT2D eigenvalue weighted by Crippen LogP contribution is -2.47. The van der Waals surface area contributed by atoms with E-state index in [9.17, 15) is 24.0 Å². The Morgan fingerprint density at radius 2 is 1.49 bits per heavy atom. The first-order chi connectivity index (χ1) is 24.7. The molecule has 4 rings (SSSR count). The number of aliphatic hydroxyl groups is 1. The summed E-state index contributed by atoms with van der Waals surface area (Å²) in [5.41, 5.74) is 3.00. The van der Waals surface area contributed by atoms with Gasteiger partial charge >= 0.3 is 12.1 Å². The second-order valence-corrected chi connectivity index (χ2v) is 13.1. The smallest absolute Gasteiger partial charge is 0.417 e. The van der Waals surface area contributed by atoms with Gasteiger partial charge in [0.1, 0.15) is 12.6 Å². The van der Waals surface area contributed by atoms with Crippen LogP contribution in [0.3, 0.4) is 0 Å². The number of aliphatic hydroxyl groups excluding tert-OH is 1. The van der Waals surface area contributed by atoms with Crippen LogP contribution >= 0.6 is 0 Å². The fourth-order valence-electron chi connectivity index (χ4n) is 6.43. The Kier molecular flexibility index (Phi) is 15.3. The molecule has 270 valence electrons. The fraction of sp³-hybridized carbons (Fsp3) is 0.405. The third-order valence-corrected chi connectivity index (χ3v) is 9.08. The summed E-state index contributed by atoms with van der Waals surface area (Å²) in [5.74, 6) is -3.75.